The van der Waals surface area contributed by atoms with Crippen LogP contribution in [0.1, 0.15) is 32.1 Å². The average molecular weight is 360 g/mol. The Morgan fingerprint density at radius 1 is 1.12 bits per heavy atom. The van der Waals surface area contributed by atoms with Crippen LogP contribution in [-0.2, 0) is 14.1 Å². The summed E-state index contributed by atoms with van der Waals surface area (Å²) >= 11 is 0. The Hall–Kier alpha value is -2.68. The van der Waals surface area contributed by atoms with Crippen molar-refractivity contribution in [2.45, 2.75) is 19.4 Å². The number of carbonyl (C=O) groups is 2. The third-order valence-corrected chi connectivity index (χ3v) is 4.62. The number of nitrogens with zero attached hydrogens (tertiary/aromatic N) is 6. The van der Waals surface area contributed by atoms with Crippen LogP contribution in [0.2, 0.25) is 0 Å². The zero-order valence-electron chi connectivity index (χ0n) is 15.7. The molecule has 140 valence electrons. The number of aromatic nitrogens is 4. The second-order valence-corrected chi connectivity index (χ2v) is 7.15. The van der Waals surface area contributed by atoms with Gasteiger partial charge in [-0.05, 0) is 13.8 Å². The maximum atomic E-state index is 12.6. The van der Waals surface area contributed by atoms with Gasteiger partial charge in [-0.3, -0.25) is 19.0 Å². The van der Waals surface area contributed by atoms with Crippen molar-refractivity contribution >= 4 is 11.8 Å². The zero-order chi connectivity index (χ0) is 19.2. The van der Waals surface area contributed by atoms with Crippen molar-refractivity contribution in [2.24, 2.45) is 14.1 Å². The molecule has 0 saturated carbocycles. The maximum Gasteiger partial charge on any atom is 0.257 e. The lowest BCUT2D eigenvalue weighted by Crippen LogP contribution is -2.67. The summed E-state index contributed by atoms with van der Waals surface area (Å²) in [6, 6.07) is 0. The van der Waals surface area contributed by atoms with Crippen LogP contribution in [0.4, 0.5) is 0 Å². The lowest BCUT2D eigenvalue weighted by atomic mass is 9.92. The van der Waals surface area contributed by atoms with E-state index in [9.17, 15) is 14.7 Å². The van der Waals surface area contributed by atoms with E-state index in [-0.39, 0.29) is 31.4 Å². The third-order valence-electron chi connectivity index (χ3n) is 4.62. The number of carbonyl (C=O) groups excluding carboxylic acids is 2. The van der Waals surface area contributed by atoms with Gasteiger partial charge in [0.05, 0.1) is 42.1 Å². The van der Waals surface area contributed by atoms with Gasteiger partial charge in [0.25, 0.3) is 11.8 Å². The van der Waals surface area contributed by atoms with Crippen LogP contribution in [0, 0.1) is 13.8 Å². The van der Waals surface area contributed by atoms with Gasteiger partial charge in [-0.1, -0.05) is 0 Å². The molecule has 1 N–H and O–H groups in total. The summed E-state index contributed by atoms with van der Waals surface area (Å²) in [7, 11) is 5.16. The molecule has 1 fully saturated rings. The van der Waals surface area contributed by atoms with Gasteiger partial charge >= 0.3 is 0 Å². The second kappa shape index (κ2) is 6.24. The monoisotopic (exact) mass is 360 g/mol. The van der Waals surface area contributed by atoms with Crippen LogP contribution in [0.3, 0.4) is 0 Å². The minimum atomic E-state index is -1.10. The number of hydrogen-bond acceptors (Lipinski definition) is 5. The molecule has 9 nitrogen and oxygen atoms in total. The lowest BCUT2D eigenvalue weighted by Gasteiger charge is -2.47. The van der Waals surface area contributed by atoms with E-state index in [0.29, 0.717) is 22.5 Å². The van der Waals surface area contributed by atoms with E-state index < -0.39 is 5.60 Å². The van der Waals surface area contributed by atoms with Crippen molar-refractivity contribution in [1.82, 2.24) is 29.4 Å². The van der Waals surface area contributed by atoms with Crippen LogP contribution in [0.5, 0.6) is 0 Å². The fourth-order valence-corrected chi connectivity index (χ4v) is 3.42. The fraction of sp³-hybridized carbons (Fsp3) is 0.529. The van der Waals surface area contributed by atoms with Crippen LogP contribution in [0.15, 0.2) is 12.4 Å². The summed E-state index contributed by atoms with van der Waals surface area (Å²) in [6.07, 6.45) is 3.34. The molecule has 0 unspecified atom stereocenters. The average Bonchev–Trinajstić information content (AvgIpc) is 3.03. The Morgan fingerprint density at radius 2 is 1.62 bits per heavy atom. The molecule has 9 heteroatoms. The van der Waals surface area contributed by atoms with Crippen LogP contribution >= 0.6 is 0 Å². The number of amides is 2. The van der Waals surface area contributed by atoms with E-state index in [1.165, 1.54) is 4.90 Å². The number of likely N-dealkylation sites (tertiary alicyclic amines) is 1. The highest BCUT2D eigenvalue weighted by atomic mass is 16.3. The third kappa shape index (κ3) is 3.22. The Kier molecular flexibility index (Phi) is 4.35. The first-order valence-electron chi connectivity index (χ1n) is 8.37. The number of likely N-dealkylation sites (N-methyl/N-ethyl adjacent to an activating group) is 1. The summed E-state index contributed by atoms with van der Waals surface area (Å²) in [4.78, 5) is 28.1. The predicted molar refractivity (Wildman–Crippen MR) is 93.7 cm³/mol. The van der Waals surface area contributed by atoms with Gasteiger partial charge in [-0.2, -0.15) is 10.2 Å². The van der Waals surface area contributed by atoms with Crippen molar-refractivity contribution in [3.8, 4) is 0 Å². The number of hydrogen-bond donors (Lipinski definition) is 1. The number of aliphatic hydroxyl groups is 1. The van der Waals surface area contributed by atoms with Gasteiger partial charge in [0, 0.05) is 33.5 Å². The molecule has 0 radical (unpaired) electrons. The normalized spacial score (nSPS) is 15.7. The summed E-state index contributed by atoms with van der Waals surface area (Å²) in [5.74, 6) is -0.353. The van der Waals surface area contributed by atoms with E-state index >= 15 is 0 Å². The summed E-state index contributed by atoms with van der Waals surface area (Å²) < 4.78 is 3.18. The van der Waals surface area contributed by atoms with E-state index in [1.807, 2.05) is 0 Å². The Balaban J connectivity index is 1.61. The van der Waals surface area contributed by atoms with E-state index in [1.54, 1.807) is 61.6 Å². The Labute approximate surface area is 151 Å². The Bertz CT molecular complexity index is 862. The van der Waals surface area contributed by atoms with E-state index in [4.69, 9.17) is 0 Å². The van der Waals surface area contributed by atoms with Gasteiger partial charge in [0.1, 0.15) is 5.60 Å². The van der Waals surface area contributed by atoms with Gasteiger partial charge in [-0.15, -0.1) is 0 Å². The molecule has 0 aromatic carbocycles. The molecule has 0 atom stereocenters. The minimum absolute atomic E-state index is 0.149. The lowest BCUT2D eigenvalue weighted by molar-refractivity contribution is -0.0907. The minimum Gasteiger partial charge on any atom is -0.384 e. The van der Waals surface area contributed by atoms with Crippen molar-refractivity contribution in [1.29, 1.82) is 0 Å². The number of β-amino-alcohol motifs (C(OH)–C–C–N with tert-alkyl or cyclic N) is 1. The first-order valence-corrected chi connectivity index (χ1v) is 8.37. The Morgan fingerprint density at radius 3 is 2.08 bits per heavy atom. The highest BCUT2D eigenvalue weighted by Gasteiger charge is 2.45. The topological polar surface area (TPSA) is 96.5 Å². The summed E-state index contributed by atoms with van der Waals surface area (Å²) in [6.45, 7) is 4.07. The molecule has 1 aliphatic heterocycles. The molecular formula is C17H24N6O3. The molecule has 0 aliphatic carbocycles. The number of aryl methyl sites for hydroxylation is 4. The molecule has 1 aliphatic rings. The van der Waals surface area contributed by atoms with Gasteiger partial charge < -0.3 is 14.9 Å². The van der Waals surface area contributed by atoms with Crippen LogP contribution in [-0.4, -0.2) is 78.6 Å². The zero-order valence-corrected chi connectivity index (χ0v) is 15.7. The maximum absolute atomic E-state index is 12.6. The van der Waals surface area contributed by atoms with Crippen LogP contribution in [0.25, 0.3) is 0 Å². The fourth-order valence-electron chi connectivity index (χ4n) is 3.42. The largest absolute Gasteiger partial charge is 0.384 e. The molecule has 1 saturated heterocycles. The smallest absolute Gasteiger partial charge is 0.257 e. The first kappa shape index (κ1) is 18.1. The highest BCUT2D eigenvalue weighted by molar-refractivity contribution is 5.96. The molecule has 26 heavy (non-hydrogen) atoms. The number of rotatable bonds is 4. The molecule has 0 spiro atoms. The summed E-state index contributed by atoms with van der Waals surface area (Å²) in [5.41, 5.74) is 1.25. The first-order chi connectivity index (χ1) is 12.1. The molecule has 2 aromatic heterocycles. The quantitative estimate of drug-likeness (QED) is 0.810. The van der Waals surface area contributed by atoms with E-state index in [2.05, 4.69) is 10.2 Å². The van der Waals surface area contributed by atoms with Crippen molar-refractivity contribution < 1.29 is 14.7 Å². The second-order valence-electron chi connectivity index (χ2n) is 7.15. The van der Waals surface area contributed by atoms with Gasteiger partial charge in [0.2, 0.25) is 0 Å². The summed E-state index contributed by atoms with van der Waals surface area (Å²) in [5, 5.41) is 19.0. The standard InChI is InChI=1S/C17H24N6O3/c1-11-13(6-21(4)18-11)15(24)20(3)8-17(26)9-23(10-17)16(25)14-7-22(5)19-12(14)2/h6-7,26H,8-10H2,1-5H3. The highest BCUT2D eigenvalue weighted by Crippen LogP contribution is 2.25. The molecule has 3 rings (SSSR count). The SMILES string of the molecule is Cc1nn(C)cc1C(=O)N(C)CC1(O)CN(C(=O)c2cn(C)nc2C)C1. The molecule has 2 amide bonds. The molecule has 2 aromatic rings. The molecular weight excluding hydrogens is 336 g/mol. The van der Waals surface area contributed by atoms with Crippen molar-refractivity contribution in [2.75, 3.05) is 26.7 Å². The van der Waals surface area contributed by atoms with Crippen molar-refractivity contribution in [3.63, 3.8) is 0 Å². The van der Waals surface area contributed by atoms with Crippen LogP contribution < -0.4 is 0 Å². The van der Waals surface area contributed by atoms with E-state index in [0.717, 1.165) is 0 Å². The van der Waals surface area contributed by atoms with Crippen molar-refractivity contribution in [3.05, 3.63) is 34.9 Å². The predicted octanol–water partition coefficient (Wildman–Crippen LogP) is -0.270. The van der Waals surface area contributed by atoms with Gasteiger partial charge in [-0.25, -0.2) is 0 Å². The molecule has 3 heterocycles. The van der Waals surface area contributed by atoms with Gasteiger partial charge in [0.15, 0.2) is 0 Å². The molecule has 0 bridgehead atoms.